The number of amides is 2. The molecule has 0 radical (unpaired) electrons. The fraction of sp³-hybridized carbons (Fsp3) is 0.130. The van der Waals surface area contributed by atoms with Crippen LogP contribution < -0.4 is 15.3 Å². The summed E-state index contributed by atoms with van der Waals surface area (Å²) in [6.07, 6.45) is 3.05. The highest BCUT2D eigenvalue weighted by molar-refractivity contribution is 7.80. The maximum atomic E-state index is 13.3. The first-order chi connectivity index (χ1) is 14.8. The van der Waals surface area contributed by atoms with Gasteiger partial charge in [-0.2, -0.15) is 0 Å². The lowest BCUT2D eigenvalue weighted by atomic mass is 10.0. The summed E-state index contributed by atoms with van der Waals surface area (Å²) in [5.41, 5.74) is 3.58. The van der Waals surface area contributed by atoms with Crippen LogP contribution in [0.15, 0.2) is 54.2 Å². The van der Waals surface area contributed by atoms with E-state index in [0.717, 1.165) is 11.1 Å². The summed E-state index contributed by atoms with van der Waals surface area (Å²) in [4.78, 5) is 38.4. The lowest BCUT2D eigenvalue weighted by Crippen LogP contribution is -2.54. The van der Waals surface area contributed by atoms with Crippen LogP contribution in [-0.2, 0) is 20.9 Å². The second kappa shape index (κ2) is 7.81. The maximum absolute atomic E-state index is 13.3. The van der Waals surface area contributed by atoms with Crippen molar-refractivity contribution in [3.05, 3.63) is 70.9 Å². The number of carboxylic acid groups (broad SMARTS) is 1. The number of nitrogens with one attached hydrogen (secondary N) is 1. The van der Waals surface area contributed by atoms with Crippen molar-refractivity contribution in [3.8, 4) is 0 Å². The van der Waals surface area contributed by atoms with Gasteiger partial charge in [0.05, 0.1) is 18.2 Å². The summed E-state index contributed by atoms with van der Waals surface area (Å²) in [5, 5.41) is 14.4. The van der Waals surface area contributed by atoms with Crippen molar-refractivity contribution in [1.82, 2.24) is 9.88 Å². The van der Waals surface area contributed by atoms with Gasteiger partial charge < -0.3 is 14.5 Å². The van der Waals surface area contributed by atoms with Crippen LogP contribution in [0.4, 0.5) is 5.69 Å². The van der Waals surface area contributed by atoms with Crippen LogP contribution in [-0.4, -0.2) is 27.5 Å². The van der Waals surface area contributed by atoms with E-state index in [-0.39, 0.29) is 17.2 Å². The molecule has 0 aliphatic carbocycles. The Hall–Kier alpha value is -3.78. The van der Waals surface area contributed by atoms with Crippen LogP contribution in [0.2, 0.25) is 0 Å². The molecule has 8 heteroatoms. The predicted octanol–water partition coefficient (Wildman–Crippen LogP) is 1.84. The third kappa shape index (κ3) is 3.73. The second-order valence-corrected chi connectivity index (χ2v) is 7.74. The molecule has 3 aromatic rings. The number of carboxylic acids is 1. The summed E-state index contributed by atoms with van der Waals surface area (Å²) in [6.45, 7) is 3.47. The molecular weight excluding hydrogens is 414 g/mol. The molecule has 7 nitrogen and oxygen atoms in total. The van der Waals surface area contributed by atoms with E-state index in [2.05, 4.69) is 5.32 Å². The number of aryl methyl sites for hydroxylation is 2. The highest BCUT2D eigenvalue weighted by Gasteiger charge is 2.35. The minimum Gasteiger partial charge on any atom is -0.548 e. The van der Waals surface area contributed by atoms with E-state index < -0.39 is 17.8 Å². The molecule has 0 saturated carbocycles. The molecule has 1 fully saturated rings. The lowest BCUT2D eigenvalue weighted by Gasteiger charge is -2.30. The van der Waals surface area contributed by atoms with Gasteiger partial charge in [-0.15, -0.1) is 0 Å². The Morgan fingerprint density at radius 3 is 2.61 bits per heavy atom. The highest BCUT2D eigenvalue weighted by Crippen LogP contribution is 2.28. The SMILES string of the molecule is Cc1ccc(N2C(=O)/C(=C\c3cn(CC(=O)[O-])c4ccccc34)C(=O)NC2=S)c(C)c1. The van der Waals surface area contributed by atoms with Crippen LogP contribution in [0, 0.1) is 13.8 Å². The van der Waals surface area contributed by atoms with Crippen molar-refractivity contribution in [3.63, 3.8) is 0 Å². The van der Waals surface area contributed by atoms with E-state index in [1.54, 1.807) is 36.5 Å². The van der Waals surface area contributed by atoms with Crippen LogP contribution in [0.5, 0.6) is 0 Å². The van der Waals surface area contributed by atoms with Crippen molar-refractivity contribution in [2.75, 3.05) is 4.90 Å². The van der Waals surface area contributed by atoms with Gasteiger partial charge in [0.15, 0.2) is 5.11 Å². The number of aliphatic carboxylic acids is 1. The molecule has 2 heterocycles. The molecule has 2 amide bonds. The number of rotatable bonds is 4. The molecule has 1 N–H and O–H groups in total. The van der Waals surface area contributed by atoms with Crippen LogP contribution in [0.1, 0.15) is 16.7 Å². The topological polar surface area (TPSA) is 94.5 Å². The predicted molar refractivity (Wildman–Crippen MR) is 119 cm³/mol. The van der Waals surface area contributed by atoms with E-state index in [1.165, 1.54) is 15.5 Å². The Bertz CT molecular complexity index is 1310. The first kappa shape index (κ1) is 20.5. The summed E-state index contributed by atoms with van der Waals surface area (Å²) in [7, 11) is 0. The van der Waals surface area contributed by atoms with Crippen LogP contribution in [0.25, 0.3) is 17.0 Å². The molecular formula is C23H18N3O4S-. The number of fused-ring (bicyclic) bond motifs is 1. The van der Waals surface area contributed by atoms with Crippen LogP contribution in [0.3, 0.4) is 0 Å². The minimum absolute atomic E-state index is 0.0125. The fourth-order valence-electron chi connectivity index (χ4n) is 3.75. The van der Waals surface area contributed by atoms with E-state index >= 15 is 0 Å². The second-order valence-electron chi connectivity index (χ2n) is 7.35. The molecule has 156 valence electrons. The molecule has 1 saturated heterocycles. The average molecular weight is 432 g/mol. The van der Waals surface area contributed by atoms with Gasteiger partial charge in [-0.05, 0) is 49.8 Å². The summed E-state index contributed by atoms with van der Waals surface area (Å²) in [6, 6.07) is 12.7. The third-order valence-electron chi connectivity index (χ3n) is 5.11. The van der Waals surface area contributed by atoms with Crippen molar-refractivity contribution < 1.29 is 19.5 Å². The Labute approximate surface area is 183 Å². The molecule has 1 aliphatic rings. The zero-order chi connectivity index (χ0) is 22.3. The van der Waals surface area contributed by atoms with Gasteiger partial charge in [-0.25, -0.2) is 0 Å². The van der Waals surface area contributed by atoms with E-state index in [1.807, 2.05) is 26.0 Å². The number of anilines is 1. The van der Waals surface area contributed by atoms with Gasteiger partial charge in [0.1, 0.15) is 5.57 Å². The number of aromatic nitrogens is 1. The van der Waals surface area contributed by atoms with Crippen molar-refractivity contribution in [2.24, 2.45) is 0 Å². The normalized spacial score (nSPS) is 15.6. The molecule has 31 heavy (non-hydrogen) atoms. The number of thiocarbonyl (C=S) groups is 1. The van der Waals surface area contributed by atoms with Crippen LogP contribution >= 0.6 is 12.2 Å². The molecule has 2 aromatic carbocycles. The number of carbonyl (C=O) groups is 3. The van der Waals surface area contributed by atoms with Crippen molar-refractivity contribution in [2.45, 2.75) is 20.4 Å². The summed E-state index contributed by atoms with van der Waals surface area (Å²) in [5.74, 6) is -2.39. The smallest absolute Gasteiger partial charge is 0.270 e. The molecule has 0 unspecified atom stereocenters. The monoisotopic (exact) mass is 432 g/mol. The molecule has 0 bridgehead atoms. The summed E-state index contributed by atoms with van der Waals surface area (Å²) >= 11 is 5.27. The average Bonchev–Trinajstić information content (AvgIpc) is 3.03. The highest BCUT2D eigenvalue weighted by atomic mass is 32.1. The zero-order valence-electron chi connectivity index (χ0n) is 16.8. The van der Waals surface area contributed by atoms with E-state index in [9.17, 15) is 19.5 Å². The lowest BCUT2D eigenvalue weighted by molar-refractivity contribution is -0.306. The van der Waals surface area contributed by atoms with E-state index in [4.69, 9.17) is 12.2 Å². The van der Waals surface area contributed by atoms with Gasteiger partial charge in [0, 0.05) is 22.7 Å². The first-order valence-corrected chi connectivity index (χ1v) is 9.93. The molecule has 0 spiro atoms. The number of carbonyl (C=O) groups excluding carboxylic acids is 3. The number of hydrogen-bond donors (Lipinski definition) is 1. The first-order valence-electron chi connectivity index (χ1n) is 9.52. The van der Waals surface area contributed by atoms with Gasteiger partial charge in [-0.1, -0.05) is 35.9 Å². The van der Waals surface area contributed by atoms with Gasteiger partial charge in [0.25, 0.3) is 11.8 Å². The fourth-order valence-corrected chi connectivity index (χ4v) is 4.02. The van der Waals surface area contributed by atoms with Gasteiger partial charge in [-0.3, -0.25) is 19.8 Å². The molecule has 0 atom stereocenters. The number of nitrogens with zero attached hydrogens (tertiary/aromatic N) is 2. The minimum atomic E-state index is -1.24. The Morgan fingerprint density at radius 1 is 1.16 bits per heavy atom. The van der Waals surface area contributed by atoms with Crippen molar-refractivity contribution >= 4 is 57.8 Å². The number of para-hydroxylation sites is 1. The third-order valence-corrected chi connectivity index (χ3v) is 5.40. The molecule has 4 rings (SSSR count). The zero-order valence-corrected chi connectivity index (χ0v) is 17.7. The largest absolute Gasteiger partial charge is 0.548 e. The maximum Gasteiger partial charge on any atom is 0.270 e. The summed E-state index contributed by atoms with van der Waals surface area (Å²) < 4.78 is 1.51. The van der Waals surface area contributed by atoms with Gasteiger partial charge in [0.2, 0.25) is 0 Å². The Morgan fingerprint density at radius 2 is 1.90 bits per heavy atom. The molecule has 1 aliphatic heterocycles. The molecule has 1 aromatic heterocycles. The number of benzene rings is 2. The number of hydrogen-bond acceptors (Lipinski definition) is 5. The van der Waals surface area contributed by atoms with Crippen molar-refractivity contribution in [1.29, 1.82) is 0 Å². The Kier molecular flexibility index (Phi) is 5.16. The Balaban J connectivity index is 1.82. The van der Waals surface area contributed by atoms with E-state index in [0.29, 0.717) is 22.2 Å². The quantitative estimate of drug-likeness (QED) is 0.386. The standard InChI is InChI=1S/C23H19N3O4S/c1-13-7-8-18(14(2)9-13)26-22(30)17(21(29)24-23(26)31)10-15-11-25(12-20(27)28)19-6-4-3-5-16(15)19/h3-11H,12H2,1-2H3,(H,27,28)(H,24,29,31)/p-1/b17-10-. The van der Waals surface area contributed by atoms with Gasteiger partial charge >= 0.3 is 0 Å².